The van der Waals surface area contributed by atoms with E-state index in [1.54, 1.807) is 0 Å². The molecule has 9 aromatic rings. The Hall–Kier alpha value is -6.00. The molecule has 0 saturated carbocycles. The molecule has 0 atom stereocenters. The van der Waals surface area contributed by atoms with Crippen LogP contribution in [0.4, 0.5) is 0 Å². The van der Waals surface area contributed by atoms with Crippen molar-refractivity contribution in [3.63, 3.8) is 0 Å². The Morgan fingerprint density at radius 1 is 0.574 bits per heavy atom. The first kappa shape index (κ1) is 26.2. The molecule has 0 N–H and O–H groups in total. The van der Waals surface area contributed by atoms with Crippen LogP contribution in [-0.4, -0.2) is 14.5 Å². The van der Waals surface area contributed by atoms with Crippen LogP contribution in [0.3, 0.4) is 0 Å². The number of benzene rings is 6. The Labute approximate surface area is 271 Å². The highest BCUT2D eigenvalue weighted by atomic mass is 16.3. The number of rotatable bonds is 3. The predicted molar refractivity (Wildman–Crippen MR) is 192 cm³/mol. The molecule has 0 saturated heterocycles. The molecule has 0 amide bonds. The summed E-state index contributed by atoms with van der Waals surface area (Å²) in [6.07, 6.45) is 0. The predicted octanol–water partition coefficient (Wildman–Crippen LogP) is 11.1. The largest absolute Gasteiger partial charge is 0.452 e. The Balaban J connectivity index is 1.20. The molecule has 4 heteroatoms. The van der Waals surface area contributed by atoms with E-state index in [9.17, 15) is 0 Å². The van der Waals surface area contributed by atoms with Gasteiger partial charge < -0.3 is 8.98 Å². The standard InChI is InChI=1S/C43H29N3O/c1-43(2)33-17-9-6-15-31(33)37-34(43)25-24-30-29-14-7-10-18-35(29)46(40(30)37)28-22-20-27(21-23-28)42-44-38(26-12-4-3-5-13-26)41-39(45-42)32-16-8-11-19-36(32)47-41/h3-25H,1-2H3. The molecule has 1 aliphatic rings. The smallest absolute Gasteiger partial charge is 0.180 e. The molecular weight excluding hydrogens is 574 g/mol. The second-order valence-electron chi connectivity index (χ2n) is 13.0. The van der Waals surface area contributed by atoms with Crippen molar-refractivity contribution < 1.29 is 4.42 Å². The minimum atomic E-state index is -0.0744. The summed E-state index contributed by atoms with van der Waals surface area (Å²) in [7, 11) is 0. The van der Waals surface area contributed by atoms with E-state index >= 15 is 0 Å². The summed E-state index contributed by atoms with van der Waals surface area (Å²) in [5.74, 6) is 0.674. The number of hydrogen-bond acceptors (Lipinski definition) is 3. The van der Waals surface area contributed by atoms with Gasteiger partial charge >= 0.3 is 0 Å². The minimum Gasteiger partial charge on any atom is -0.452 e. The number of para-hydroxylation sites is 2. The topological polar surface area (TPSA) is 43.9 Å². The van der Waals surface area contributed by atoms with Crippen LogP contribution >= 0.6 is 0 Å². The van der Waals surface area contributed by atoms with Crippen LogP contribution < -0.4 is 0 Å². The van der Waals surface area contributed by atoms with Gasteiger partial charge in [-0.2, -0.15) is 0 Å². The van der Waals surface area contributed by atoms with E-state index in [4.69, 9.17) is 14.4 Å². The molecule has 0 unspecified atom stereocenters. The summed E-state index contributed by atoms with van der Waals surface area (Å²) in [6.45, 7) is 4.68. The molecule has 47 heavy (non-hydrogen) atoms. The van der Waals surface area contributed by atoms with Crippen molar-refractivity contribution in [3.8, 4) is 39.5 Å². The third-order valence-electron chi connectivity index (χ3n) is 10.0. The SMILES string of the molecule is CC1(C)c2ccccc2-c2c1ccc1c3ccccc3n(-c3ccc(-c4nc(-c5ccccc5)c5oc6ccccc6c5n4)cc3)c21. The van der Waals surface area contributed by atoms with E-state index in [1.165, 1.54) is 44.1 Å². The highest BCUT2D eigenvalue weighted by Crippen LogP contribution is 2.52. The lowest BCUT2D eigenvalue weighted by atomic mass is 9.82. The van der Waals surface area contributed by atoms with Gasteiger partial charge in [0.15, 0.2) is 11.4 Å². The van der Waals surface area contributed by atoms with Crippen molar-refractivity contribution >= 4 is 43.9 Å². The lowest BCUT2D eigenvalue weighted by molar-refractivity contribution is 0.661. The highest BCUT2D eigenvalue weighted by Gasteiger charge is 2.37. The number of furan rings is 1. The quantitative estimate of drug-likeness (QED) is 0.202. The Bertz CT molecular complexity index is 2700. The fourth-order valence-electron chi connectivity index (χ4n) is 7.78. The third kappa shape index (κ3) is 3.64. The van der Waals surface area contributed by atoms with Gasteiger partial charge in [-0.1, -0.05) is 111 Å². The van der Waals surface area contributed by atoms with E-state index in [0.29, 0.717) is 11.4 Å². The van der Waals surface area contributed by atoms with Gasteiger partial charge in [-0.15, -0.1) is 0 Å². The number of aromatic nitrogens is 3. The fourth-order valence-corrected chi connectivity index (χ4v) is 7.78. The van der Waals surface area contributed by atoms with Crippen molar-refractivity contribution in [2.24, 2.45) is 0 Å². The average molecular weight is 604 g/mol. The van der Waals surface area contributed by atoms with E-state index in [1.807, 2.05) is 36.4 Å². The third-order valence-corrected chi connectivity index (χ3v) is 10.0. The molecule has 0 fully saturated rings. The van der Waals surface area contributed by atoms with Crippen molar-refractivity contribution in [2.45, 2.75) is 19.3 Å². The summed E-state index contributed by atoms with van der Waals surface area (Å²) in [5.41, 5.74) is 14.0. The molecule has 0 spiro atoms. The van der Waals surface area contributed by atoms with E-state index in [0.717, 1.165) is 39.0 Å². The molecule has 0 aliphatic heterocycles. The van der Waals surface area contributed by atoms with Crippen molar-refractivity contribution in [2.75, 3.05) is 0 Å². The van der Waals surface area contributed by atoms with Gasteiger partial charge in [0.1, 0.15) is 16.8 Å². The maximum Gasteiger partial charge on any atom is 0.180 e. The molecule has 3 aromatic heterocycles. The monoisotopic (exact) mass is 603 g/mol. The van der Waals surface area contributed by atoms with E-state index < -0.39 is 0 Å². The number of fused-ring (bicyclic) bond motifs is 10. The maximum atomic E-state index is 6.33. The van der Waals surface area contributed by atoms with E-state index in [2.05, 4.69) is 122 Å². The van der Waals surface area contributed by atoms with Crippen molar-refractivity contribution in [1.29, 1.82) is 0 Å². The molecular formula is C43H29N3O. The molecule has 4 nitrogen and oxygen atoms in total. The molecule has 0 radical (unpaired) electrons. The van der Waals surface area contributed by atoms with Gasteiger partial charge in [0.2, 0.25) is 0 Å². The Morgan fingerprint density at radius 2 is 1.30 bits per heavy atom. The highest BCUT2D eigenvalue weighted by molar-refractivity contribution is 6.15. The van der Waals surface area contributed by atoms with Gasteiger partial charge in [-0.25, -0.2) is 9.97 Å². The van der Waals surface area contributed by atoms with Crippen molar-refractivity contribution in [1.82, 2.24) is 14.5 Å². The molecule has 222 valence electrons. The van der Waals surface area contributed by atoms with Crippen LogP contribution in [0.5, 0.6) is 0 Å². The van der Waals surface area contributed by atoms with Gasteiger partial charge in [-0.05, 0) is 59.2 Å². The van der Waals surface area contributed by atoms with Crippen molar-refractivity contribution in [3.05, 3.63) is 151 Å². The lowest BCUT2D eigenvalue weighted by Crippen LogP contribution is -2.14. The zero-order chi connectivity index (χ0) is 31.3. The van der Waals surface area contributed by atoms with Crippen LogP contribution in [0.2, 0.25) is 0 Å². The summed E-state index contributed by atoms with van der Waals surface area (Å²) in [4.78, 5) is 10.2. The summed E-state index contributed by atoms with van der Waals surface area (Å²) < 4.78 is 8.77. The van der Waals surface area contributed by atoms with Crippen LogP contribution in [0.1, 0.15) is 25.0 Å². The first-order valence-corrected chi connectivity index (χ1v) is 16.1. The average Bonchev–Trinajstić information content (AvgIpc) is 3.74. The van der Waals surface area contributed by atoms with Gasteiger partial charge in [0.05, 0.1) is 11.0 Å². The summed E-state index contributed by atoms with van der Waals surface area (Å²) in [5, 5.41) is 3.51. The molecule has 10 rings (SSSR count). The zero-order valence-electron chi connectivity index (χ0n) is 26.0. The van der Waals surface area contributed by atoms with Crippen LogP contribution in [0.15, 0.2) is 144 Å². The number of nitrogens with zero attached hydrogens (tertiary/aromatic N) is 3. The fraction of sp³-hybridized carbons (Fsp3) is 0.0698. The molecule has 0 bridgehead atoms. The molecule has 1 aliphatic carbocycles. The van der Waals surface area contributed by atoms with Gasteiger partial charge in [0, 0.05) is 44.0 Å². The second-order valence-corrected chi connectivity index (χ2v) is 13.0. The lowest BCUT2D eigenvalue weighted by Gasteiger charge is -2.21. The Kier molecular flexibility index (Phi) is 5.31. The van der Waals surface area contributed by atoms with Crippen LogP contribution in [-0.2, 0) is 5.41 Å². The van der Waals surface area contributed by atoms with Gasteiger partial charge in [-0.3, -0.25) is 0 Å². The van der Waals surface area contributed by atoms with Crippen LogP contribution in [0, 0.1) is 0 Å². The normalized spacial score (nSPS) is 13.5. The summed E-state index contributed by atoms with van der Waals surface area (Å²) >= 11 is 0. The minimum absolute atomic E-state index is 0.0744. The maximum absolute atomic E-state index is 6.33. The first-order chi connectivity index (χ1) is 23.1. The second kappa shape index (κ2) is 9.51. The first-order valence-electron chi connectivity index (χ1n) is 16.1. The van der Waals surface area contributed by atoms with E-state index in [-0.39, 0.29) is 5.41 Å². The molecule has 3 heterocycles. The van der Waals surface area contributed by atoms with Crippen LogP contribution in [0.25, 0.3) is 83.3 Å². The van der Waals surface area contributed by atoms with Gasteiger partial charge in [0.25, 0.3) is 0 Å². The number of hydrogen-bond donors (Lipinski definition) is 0. The zero-order valence-corrected chi connectivity index (χ0v) is 26.0. The molecule has 6 aromatic carbocycles. The summed E-state index contributed by atoms with van der Waals surface area (Å²) in [6, 6.07) is 49.3. The Morgan fingerprint density at radius 3 is 2.15 bits per heavy atom.